The first-order chi connectivity index (χ1) is 13.6. The van der Waals surface area contributed by atoms with E-state index < -0.39 is 6.10 Å². The summed E-state index contributed by atoms with van der Waals surface area (Å²) < 4.78 is 11.3. The van der Waals surface area contributed by atoms with E-state index in [2.05, 4.69) is 34.5 Å². The van der Waals surface area contributed by atoms with Crippen molar-refractivity contribution < 1.29 is 14.3 Å². The van der Waals surface area contributed by atoms with Crippen LogP contribution in [-0.2, 0) is 22.6 Å². The molecule has 0 aliphatic carbocycles. The average Bonchev–Trinajstić information content (AvgIpc) is 2.72. The molecule has 2 aromatic carbocycles. The van der Waals surface area contributed by atoms with Crippen molar-refractivity contribution in [2.24, 2.45) is 0 Å². The van der Waals surface area contributed by atoms with Crippen LogP contribution >= 0.6 is 0 Å². The van der Waals surface area contributed by atoms with E-state index in [9.17, 15) is 4.79 Å². The molecule has 1 saturated heterocycles. The number of ether oxygens (including phenoxy) is 2. The predicted molar refractivity (Wildman–Crippen MR) is 110 cm³/mol. The lowest BCUT2D eigenvalue weighted by Gasteiger charge is -2.26. The quantitative estimate of drug-likeness (QED) is 0.761. The van der Waals surface area contributed by atoms with Crippen LogP contribution in [0, 0.1) is 6.92 Å². The Kier molecular flexibility index (Phi) is 7.46. The molecule has 1 fully saturated rings. The van der Waals surface area contributed by atoms with Crippen molar-refractivity contribution in [3.63, 3.8) is 0 Å². The van der Waals surface area contributed by atoms with Crippen molar-refractivity contribution >= 4 is 5.91 Å². The number of nitrogens with zero attached hydrogens (tertiary/aromatic N) is 1. The van der Waals surface area contributed by atoms with Gasteiger partial charge in [0.1, 0.15) is 5.75 Å². The topological polar surface area (TPSA) is 50.8 Å². The summed E-state index contributed by atoms with van der Waals surface area (Å²) in [4.78, 5) is 14.9. The summed E-state index contributed by atoms with van der Waals surface area (Å²) in [5.74, 6) is 0.649. The minimum atomic E-state index is -0.484. The number of hydrogen-bond donors (Lipinski definition) is 1. The Labute approximate surface area is 167 Å². The first-order valence-electron chi connectivity index (χ1n) is 10.0. The number of rotatable bonds is 8. The van der Waals surface area contributed by atoms with Gasteiger partial charge in [0.05, 0.1) is 13.2 Å². The highest BCUT2D eigenvalue weighted by molar-refractivity contribution is 5.81. The van der Waals surface area contributed by atoms with Crippen molar-refractivity contribution in [1.29, 1.82) is 0 Å². The zero-order chi connectivity index (χ0) is 19.8. The molecule has 28 heavy (non-hydrogen) atoms. The van der Waals surface area contributed by atoms with Crippen LogP contribution in [0.4, 0.5) is 0 Å². The second kappa shape index (κ2) is 10.2. The van der Waals surface area contributed by atoms with Gasteiger partial charge in [-0.1, -0.05) is 43.3 Å². The highest BCUT2D eigenvalue weighted by atomic mass is 16.5. The molecule has 0 bridgehead atoms. The number of benzene rings is 2. The van der Waals surface area contributed by atoms with Gasteiger partial charge in [-0.2, -0.15) is 0 Å². The zero-order valence-electron chi connectivity index (χ0n) is 16.8. The normalized spacial score (nSPS) is 15.8. The fourth-order valence-electron chi connectivity index (χ4n) is 3.26. The average molecular weight is 383 g/mol. The maximum absolute atomic E-state index is 12.5. The molecule has 1 heterocycles. The van der Waals surface area contributed by atoms with Crippen molar-refractivity contribution in [1.82, 2.24) is 10.2 Å². The summed E-state index contributed by atoms with van der Waals surface area (Å²) in [6.45, 7) is 9.01. The third kappa shape index (κ3) is 6.08. The number of nitrogens with one attached hydrogen (secondary N) is 1. The molecule has 0 spiro atoms. The molecular weight excluding hydrogens is 352 g/mol. The van der Waals surface area contributed by atoms with Crippen molar-refractivity contribution in [3.05, 3.63) is 65.2 Å². The first kappa shape index (κ1) is 20.4. The third-order valence-electron chi connectivity index (χ3n) is 4.93. The van der Waals surface area contributed by atoms with Crippen LogP contribution in [0.3, 0.4) is 0 Å². The number of hydrogen-bond acceptors (Lipinski definition) is 4. The van der Waals surface area contributed by atoms with Gasteiger partial charge in [0.25, 0.3) is 5.91 Å². The van der Waals surface area contributed by atoms with Gasteiger partial charge in [0, 0.05) is 26.2 Å². The number of amides is 1. The fraction of sp³-hybridized carbons (Fsp3) is 0.435. The van der Waals surface area contributed by atoms with Crippen molar-refractivity contribution in [3.8, 4) is 5.75 Å². The maximum atomic E-state index is 12.5. The van der Waals surface area contributed by atoms with Gasteiger partial charge >= 0.3 is 0 Å². The van der Waals surface area contributed by atoms with E-state index in [1.165, 1.54) is 5.56 Å². The molecule has 0 saturated carbocycles. The number of aryl methyl sites for hydroxylation is 1. The SMILES string of the molecule is CC[C@@H](Oc1cccc(C)c1)C(=O)NCc1ccc(CN2CCOCC2)cc1. The molecule has 5 nitrogen and oxygen atoms in total. The lowest BCUT2D eigenvalue weighted by atomic mass is 10.1. The monoisotopic (exact) mass is 382 g/mol. The highest BCUT2D eigenvalue weighted by Crippen LogP contribution is 2.16. The van der Waals surface area contributed by atoms with Gasteiger partial charge in [-0.05, 0) is 42.2 Å². The van der Waals surface area contributed by atoms with Crippen LogP contribution in [0.2, 0.25) is 0 Å². The van der Waals surface area contributed by atoms with Crippen molar-refractivity contribution in [2.75, 3.05) is 26.3 Å². The summed E-state index contributed by atoms with van der Waals surface area (Å²) in [6.07, 6.45) is 0.139. The molecule has 2 aromatic rings. The second-order valence-corrected chi connectivity index (χ2v) is 7.25. The highest BCUT2D eigenvalue weighted by Gasteiger charge is 2.18. The maximum Gasteiger partial charge on any atom is 0.261 e. The molecule has 3 rings (SSSR count). The van der Waals surface area contributed by atoms with E-state index in [1.807, 2.05) is 38.1 Å². The van der Waals surface area contributed by atoms with Gasteiger partial charge in [0.2, 0.25) is 0 Å². The van der Waals surface area contributed by atoms with Gasteiger partial charge in [-0.25, -0.2) is 0 Å². The molecule has 0 unspecified atom stereocenters. The van der Waals surface area contributed by atoms with Crippen molar-refractivity contribution in [2.45, 2.75) is 39.5 Å². The lowest BCUT2D eigenvalue weighted by molar-refractivity contribution is -0.128. The summed E-state index contributed by atoms with van der Waals surface area (Å²) in [7, 11) is 0. The third-order valence-corrected chi connectivity index (χ3v) is 4.93. The standard InChI is InChI=1S/C23H30N2O3/c1-3-22(28-21-6-4-5-18(2)15-21)23(26)24-16-19-7-9-20(10-8-19)17-25-11-13-27-14-12-25/h4-10,15,22H,3,11-14,16-17H2,1-2H3,(H,24,26)/t22-/m1/s1. The molecule has 0 radical (unpaired) electrons. The van der Waals surface area contributed by atoms with Crippen LogP contribution < -0.4 is 10.1 Å². The summed E-state index contributed by atoms with van der Waals surface area (Å²) >= 11 is 0. The summed E-state index contributed by atoms with van der Waals surface area (Å²) in [6, 6.07) is 16.2. The van der Waals surface area contributed by atoms with Gasteiger partial charge in [0.15, 0.2) is 6.10 Å². The molecule has 0 aromatic heterocycles. The van der Waals surface area contributed by atoms with Gasteiger partial charge in [-0.15, -0.1) is 0 Å². The van der Waals surface area contributed by atoms with Gasteiger partial charge < -0.3 is 14.8 Å². The van der Waals surface area contributed by atoms with Gasteiger partial charge in [-0.3, -0.25) is 9.69 Å². The van der Waals surface area contributed by atoms with Crippen LogP contribution in [0.15, 0.2) is 48.5 Å². The summed E-state index contributed by atoms with van der Waals surface area (Å²) in [5.41, 5.74) is 3.49. The van der Waals surface area contributed by atoms with Crippen LogP contribution in [-0.4, -0.2) is 43.2 Å². The van der Waals surface area contributed by atoms with E-state index in [-0.39, 0.29) is 5.91 Å². The lowest BCUT2D eigenvalue weighted by Crippen LogP contribution is -2.37. The van der Waals surface area contributed by atoms with E-state index in [4.69, 9.17) is 9.47 Å². The van der Waals surface area contributed by atoms with E-state index in [0.717, 1.165) is 49.7 Å². The number of morpholine rings is 1. The van der Waals surface area contributed by atoms with Crippen LogP contribution in [0.1, 0.15) is 30.0 Å². The molecule has 1 aliphatic heterocycles. The molecular formula is C23H30N2O3. The van der Waals surface area contributed by atoms with E-state index in [0.29, 0.717) is 13.0 Å². The number of carbonyl (C=O) groups excluding carboxylic acids is 1. The van der Waals surface area contributed by atoms with E-state index in [1.54, 1.807) is 0 Å². The fourth-order valence-corrected chi connectivity index (χ4v) is 3.26. The predicted octanol–water partition coefficient (Wildman–Crippen LogP) is 3.30. The minimum Gasteiger partial charge on any atom is -0.481 e. The molecule has 1 aliphatic rings. The Bertz CT molecular complexity index is 755. The Hall–Kier alpha value is -2.37. The number of carbonyl (C=O) groups is 1. The Morgan fingerprint density at radius 1 is 1.14 bits per heavy atom. The van der Waals surface area contributed by atoms with Crippen LogP contribution in [0.5, 0.6) is 5.75 Å². The molecule has 150 valence electrons. The molecule has 1 N–H and O–H groups in total. The molecule has 1 atom stereocenters. The minimum absolute atomic E-state index is 0.0820. The zero-order valence-corrected chi connectivity index (χ0v) is 16.8. The molecule has 1 amide bonds. The Morgan fingerprint density at radius 3 is 2.54 bits per heavy atom. The van der Waals surface area contributed by atoms with E-state index >= 15 is 0 Å². The molecule has 5 heteroatoms. The second-order valence-electron chi connectivity index (χ2n) is 7.25. The Balaban J connectivity index is 1.48. The largest absolute Gasteiger partial charge is 0.481 e. The first-order valence-corrected chi connectivity index (χ1v) is 10.0. The van der Waals surface area contributed by atoms with Crippen LogP contribution in [0.25, 0.3) is 0 Å². The summed E-state index contributed by atoms with van der Waals surface area (Å²) in [5, 5.41) is 2.99. The Morgan fingerprint density at radius 2 is 1.86 bits per heavy atom. The smallest absolute Gasteiger partial charge is 0.261 e.